The summed E-state index contributed by atoms with van der Waals surface area (Å²) in [5.74, 6) is 0.673. The SMILES string of the molecule is O=C(CN1CCOCC1)N/N=C/c1cc(I)c(OCc2ccccc2Cl)c(I)c1. The number of hydrogen-bond acceptors (Lipinski definition) is 5. The minimum absolute atomic E-state index is 0.132. The molecule has 2 aromatic carbocycles. The summed E-state index contributed by atoms with van der Waals surface area (Å²) in [5, 5.41) is 4.77. The van der Waals surface area contributed by atoms with Crippen molar-refractivity contribution < 1.29 is 14.3 Å². The molecule has 1 aliphatic heterocycles. The molecular formula is C20H20ClI2N3O3. The van der Waals surface area contributed by atoms with Gasteiger partial charge in [0.15, 0.2) is 0 Å². The third kappa shape index (κ3) is 7.06. The summed E-state index contributed by atoms with van der Waals surface area (Å²) >= 11 is 10.7. The fourth-order valence-electron chi connectivity index (χ4n) is 2.73. The topological polar surface area (TPSA) is 63.2 Å². The van der Waals surface area contributed by atoms with E-state index >= 15 is 0 Å². The van der Waals surface area contributed by atoms with Crippen molar-refractivity contribution in [2.75, 3.05) is 32.8 Å². The molecule has 6 nitrogen and oxygen atoms in total. The zero-order valence-electron chi connectivity index (χ0n) is 15.5. The van der Waals surface area contributed by atoms with Gasteiger partial charge in [0.2, 0.25) is 0 Å². The highest BCUT2D eigenvalue weighted by Crippen LogP contribution is 2.30. The molecule has 0 radical (unpaired) electrons. The van der Waals surface area contributed by atoms with Crippen LogP contribution in [-0.2, 0) is 16.1 Å². The lowest BCUT2D eigenvalue weighted by Crippen LogP contribution is -2.42. The molecule has 3 rings (SSSR count). The first-order valence-corrected chi connectivity index (χ1v) is 11.5. The summed E-state index contributed by atoms with van der Waals surface area (Å²) in [6.45, 7) is 3.59. The number of rotatable bonds is 7. The summed E-state index contributed by atoms with van der Waals surface area (Å²) in [5.41, 5.74) is 4.41. The highest BCUT2D eigenvalue weighted by atomic mass is 127. The summed E-state index contributed by atoms with van der Waals surface area (Å²) in [6.07, 6.45) is 1.64. The molecule has 0 spiro atoms. The Kier molecular flexibility index (Phi) is 8.97. The van der Waals surface area contributed by atoms with Crippen LogP contribution in [0.4, 0.5) is 0 Å². The molecule has 154 valence electrons. The van der Waals surface area contributed by atoms with Crippen molar-refractivity contribution in [1.82, 2.24) is 10.3 Å². The number of carbonyl (C=O) groups excluding carboxylic acids is 1. The maximum absolute atomic E-state index is 12.0. The second-order valence-corrected chi connectivity index (χ2v) is 9.11. The second-order valence-electron chi connectivity index (χ2n) is 6.38. The number of carbonyl (C=O) groups is 1. The molecule has 0 atom stereocenters. The molecule has 1 amide bonds. The van der Waals surface area contributed by atoms with Crippen LogP contribution in [0, 0.1) is 7.14 Å². The molecule has 1 N–H and O–H groups in total. The quantitative estimate of drug-likeness (QED) is 0.284. The molecule has 0 aromatic heterocycles. The Morgan fingerprint density at radius 1 is 1.24 bits per heavy atom. The van der Waals surface area contributed by atoms with Crippen molar-refractivity contribution in [1.29, 1.82) is 0 Å². The number of ether oxygens (including phenoxy) is 2. The van der Waals surface area contributed by atoms with Crippen LogP contribution in [0.3, 0.4) is 0 Å². The van der Waals surface area contributed by atoms with Crippen LogP contribution in [0.5, 0.6) is 5.75 Å². The van der Waals surface area contributed by atoms with E-state index in [4.69, 9.17) is 21.1 Å². The van der Waals surface area contributed by atoms with E-state index in [1.807, 2.05) is 41.3 Å². The Labute approximate surface area is 202 Å². The molecule has 1 aliphatic rings. The van der Waals surface area contributed by atoms with Crippen LogP contribution in [0.1, 0.15) is 11.1 Å². The molecule has 1 saturated heterocycles. The van der Waals surface area contributed by atoms with Gasteiger partial charge in [-0.15, -0.1) is 0 Å². The fourth-order valence-corrected chi connectivity index (χ4v) is 5.05. The van der Waals surface area contributed by atoms with Crippen LogP contribution < -0.4 is 10.2 Å². The summed E-state index contributed by atoms with van der Waals surface area (Å²) in [4.78, 5) is 14.0. The van der Waals surface area contributed by atoms with E-state index in [0.717, 1.165) is 37.1 Å². The lowest BCUT2D eigenvalue weighted by Gasteiger charge is -2.25. The van der Waals surface area contributed by atoms with Gasteiger partial charge in [-0.25, -0.2) is 5.43 Å². The number of morpholine rings is 1. The van der Waals surface area contributed by atoms with E-state index in [9.17, 15) is 4.79 Å². The van der Waals surface area contributed by atoms with Crippen molar-refractivity contribution in [2.45, 2.75) is 6.61 Å². The lowest BCUT2D eigenvalue weighted by atomic mass is 10.2. The van der Waals surface area contributed by atoms with Gasteiger partial charge in [-0.2, -0.15) is 5.10 Å². The molecule has 1 heterocycles. The summed E-state index contributed by atoms with van der Waals surface area (Å²) in [6, 6.07) is 11.6. The molecule has 9 heteroatoms. The standard InChI is InChI=1S/C20H20ClI2N3O3/c21-16-4-2-1-3-15(16)13-29-20-17(22)9-14(10-18(20)23)11-24-25-19(27)12-26-5-7-28-8-6-26/h1-4,9-11H,5-8,12-13H2,(H,25,27)/b24-11+. The molecule has 0 aliphatic carbocycles. The highest BCUT2D eigenvalue weighted by molar-refractivity contribution is 14.1. The Balaban J connectivity index is 1.56. The molecule has 0 unspecified atom stereocenters. The van der Waals surface area contributed by atoms with Crippen molar-refractivity contribution in [3.8, 4) is 5.75 Å². The van der Waals surface area contributed by atoms with Crippen LogP contribution in [0.25, 0.3) is 0 Å². The minimum atomic E-state index is -0.132. The lowest BCUT2D eigenvalue weighted by molar-refractivity contribution is -0.123. The number of nitrogens with zero attached hydrogens (tertiary/aromatic N) is 2. The number of hydrogen-bond donors (Lipinski definition) is 1. The Hall–Kier alpha value is -0.950. The monoisotopic (exact) mass is 639 g/mol. The van der Waals surface area contributed by atoms with Gasteiger partial charge in [0.25, 0.3) is 5.91 Å². The van der Waals surface area contributed by atoms with Crippen LogP contribution in [0.15, 0.2) is 41.5 Å². The zero-order chi connectivity index (χ0) is 20.6. The molecule has 1 fully saturated rings. The van der Waals surface area contributed by atoms with E-state index in [-0.39, 0.29) is 5.91 Å². The van der Waals surface area contributed by atoms with E-state index in [1.165, 1.54) is 0 Å². The minimum Gasteiger partial charge on any atom is -0.487 e. The summed E-state index contributed by atoms with van der Waals surface area (Å²) < 4.78 is 13.2. The second kappa shape index (κ2) is 11.4. The molecule has 0 bridgehead atoms. The smallest absolute Gasteiger partial charge is 0.254 e. The summed E-state index contributed by atoms with van der Waals surface area (Å²) in [7, 11) is 0. The zero-order valence-corrected chi connectivity index (χ0v) is 20.6. The third-order valence-corrected chi connectivity index (χ3v) is 6.20. The highest BCUT2D eigenvalue weighted by Gasteiger charge is 2.14. The third-order valence-electron chi connectivity index (χ3n) is 4.22. The van der Waals surface area contributed by atoms with E-state index in [1.54, 1.807) is 6.21 Å². The van der Waals surface area contributed by atoms with Crippen molar-refractivity contribution >= 4 is 68.9 Å². The van der Waals surface area contributed by atoms with Crippen molar-refractivity contribution in [3.63, 3.8) is 0 Å². The first-order valence-electron chi connectivity index (χ1n) is 9.00. The van der Waals surface area contributed by atoms with Gasteiger partial charge in [-0.05, 0) is 68.9 Å². The largest absolute Gasteiger partial charge is 0.487 e. The molecule has 0 saturated carbocycles. The van der Waals surface area contributed by atoms with Crippen molar-refractivity contribution in [2.24, 2.45) is 5.10 Å². The van der Waals surface area contributed by atoms with Crippen LogP contribution in [-0.4, -0.2) is 49.9 Å². The van der Waals surface area contributed by atoms with Gasteiger partial charge >= 0.3 is 0 Å². The first kappa shape index (κ1) is 22.7. The van der Waals surface area contributed by atoms with Crippen molar-refractivity contribution in [3.05, 3.63) is 59.7 Å². The predicted octanol–water partition coefficient (Wildman–Crippen LogP) is 3.91. The maximum Gasteiger partial charge on any atom is 0.254 e. The molecule has 29 heavy (non-hydrogen) atoms. The number of hydrazone groups is 1. The van der Waals surface area contributed by atoms with Gasteiger partial charge in [-0.3, -0.25) is 9.69 Å². The first-order chi connectivity index (χ1) is 14.0. The van der Waals surface area contributed by atoms with Gasteiger partial charge in [0.1, 0.15) is 12.4 Å². The normalized spacial score (nSPS) is 14.9. The van der Waals surface area contributed by atoms with Gasteiger partial charge < -0.3 is 9.47 Å². The molecular weight excluding hydrogens is 619 g/mol. The maximum atomic E-state index is 12.0. The van der Waals surface area contributed by atoms with E-state index < -0.39 is 0 Å². The van der Waals surface area contributed by atoms with E-state index in [0.29, 0.717) is 31.4 Å². The number of nitrogens with one attached hydrogen (secondary N) is 1. The Morgan fingerprint density at radius 2 is 1.93 bits per heavy atom. The fraction of sp³-hybridized carbons (Fsp3) is 0.300. The Bertz CT molecular complexity index is 866. The number of benzene rings is 2. The Morgan fingerprint density at radius 3 is 2.62 bits per heavy atom. The average molecular weight is 640 g/mol. The van der Waals surface area contributed by atoms with Gasteiger partial charge in [0.05, 0.1) is 33.1 Å². The average Bonchev–Trinajstić information content (AvgIpc) is 2.69. The van der Waals surface area contributed by atoms with Gasteiger partial charge in [-0.1, -0.05) is 29.8 Å². The number of halogens is 3. The van der Waals surface area contributed by atoms with E-state index in [2.05, 4.69) is 55.7 Å². The van der Waals surface area contributed by atoms with Crippen LogP contribution >= 0.6 is 56.8 Å². The van der Waals surface area contributed by atoms with Gasteiger partial charge in [0, 0.05) is 23.7 Å². The predicted molar refractivity (Wildman–Crippen MR) is 131 cm³/mol. The number of amides is 1. The molecule has 2 aromatic rings. The van der Waals surface area contributed by atoms with Crippen LogP contribution in [0.2, 0.25) is 5.02 Å².